The Morgan fingerprint density at radius 3 is 2.74 bits per heavy atom. The molecular formula is C17H26N2. The summed E-state index contributed by atoms with van der Waals surface area (Å²) >= 11 is 0. The number of anilines is 1. The molecule has 3 atom stereocenters. The van der Waals surface area contributed by atoms with Crippen LogP contribution in [0.1, 0.15) is 31.2 Å². The standard InChI is InChI=1S/C17H26N2/c1-18-11-15-5-3-4-6-17(15)19(2)12-16-10-13-7-8-14(16)9-13/h3-6,13-14,16,18H,7-12H2,1-2H3. The van der Waals surface area contributed by atoms with Crippen LogP contribution in [0.3, 0.4) is 0 Å². The van der Waals surface area contributed by atoms with Crippen LogP contribution in [0.4, 0.5) is 5.69 Å². The van der Waals surface area contributed by atoms with Crippen molar-refractivity contribution in [2.24, 2.45) is 17.8 Å². The van der Waals surface area contributed by atoms with Crippen molar-refractivity contribution in [3.05, 3.63) is 29.8 Å². The zero-order valence-electron chi connectivity index (χ0n) is 12.2. The van der Waals surface area contributed by atoms with Gasteiger partial charge in [-0.05, 0) is 55.7 Å². The quantitative estimate of drug-likeness (QED) is 0.872. The molecule has 3 unspecified atom stereocenters. The molecule has 0 spiro atoms. The Hall–Kier alpha value is -1.02. The summed E-state index contributed by atoms with van der Waals surface area (Å²) in [4.78, 5) is 2.48. The van der Waals surface area contributed by atoms with Crippen LogP contribution in [0.15, 0.2) is 24.3 Å². The fourth-order valence-corrected chi connectivity index (χ4v) is 4.27. The first-order valence-electron chi connectivity index (χ1n) is 7.71. The largest absolute Gasteiger partial charge is 0.374 e. The number of fused-ring (bicyclic) bond motifs is 2. The highest BCUT2D eigenvalue weighted by Crippen LogP contribution is 2.48. The van der Waals surface area contributed by atoms with Gasteiger partial charge in [0.2, 0.25) is 0 Å². The summed E-state index contributed by atoms with van der Waals surface area (Å²) in [5.74, 6) is 3.01. The fraction of sp³-hybridized carbons (Fsp3) is 0.647. The molecule has 0 amide bonds. The van der Waals surface area contributed by atoms with Crippen LogP contribution in [0.25, 0.3) is 0 Å². The van der Waals surface area contributed by atoms with E-state index in [9.17, 15) is 0 Å². The molecule has 0 saturated heterocycles. The van der Waals surface area contributed by atoms with E-state index in [1.54, 1.807) is 0 Å². The smallest absolute Gasteiger partial charge is 0.0409 e. The van der Waals surface area contributed by atoms with Gasteiger partial charge in [0.25, 0.3) is 0 Å². The lowest BCUT2D eigenvalue weighted by Gasteiger charge is -2.30. The van der Waals surface area contributed by atoms with E-state index in [2.05, 4.69) is 41.5 Å². The van der Waals surface area contributed by atoms with Gasteiger partial charge in [-0.15, -0.1) is 0 Å². The van der Waals surface area contributed by atoms with E-state index in [1.165, 1.54) is 43.5 Å². The Morgan fingerprint density at radius 2 is 2.05 bits per heavy atom. The van der Waals surface area contributed by atoms with Crippen LogP contribution in [0.2, 0.25) is 0 Å². The molecule has 2 fully saturated rings. The molecular weight excluding hydrogens is 232 g/mol. The first-order chi connectivity index (χ1) is 9.28. The van der Waals surface area contributed by atoms with Crippen LogP contribution in [0, 0.1) is 17.8 Å². The second-order valence-electron chi connectivity index (χ2n) is 6.47. The number of nitrogens with one attached hydrogen (secondary N) is 1. The van der Waals surface area contributed by atoms with Crippen LogP contribution in [-0.4, -0.2) is 20.6 Å². The van der Waals surface area contributed by atoms with E-state index in [4.69, 9.17) is 0 Å². The molecule has 0 aromatic heterocycles. The number of rotatable bonds is 5. The highest BCUT2D eigenvalue weighted by atomic mass is 15.1. The maximum Gasteiger partial charge on any atom is 0.0409 e. The summed E-state index contributed by atoms with van der Waals surface area (Å²) < 4.78 is 0. The van der Waals surface area contributed by atoms with Gasteiger partial charge in [-0.3, -0.25) is 0 Å². The third kappa shape index (κ3) is 2.64. The molecule has 2 heteroatoms. The number of hydrogen-bond donors (Lipinski definition) is 1. The van der Waals surface area contributed by atoms with E-state index < -0.39 is 0 Å². The van der Waals surface area contributed by atoms with Crippen molar-refractivity contribution >= 4 is 5.69 Å². The molecule has 104 valence electrons. The minimum atomic E-state index is 0.936. The summed E-state index contributed by atoms with van der Waals surface area (Å²) in [6, 6.07) is 8.80. The van der Waals surface area contributed by atoms with Gasteiger partial charge in [-0.25, -0.2) is 0 Å². The lowest BCUT2D eigenvalue weighted by Crippen LogP contribution is -2.29. The van der Waals surface area contributed by atoms with Gasteiger partial charge >= 0.3 is 0 Å². The van der Waals surface area contributed by atoms with Gasteiger partial charge in [0.15, 0.2) is 0 Å². The highest BCUT2D eigenvalue weighted by Gasteiger charge is 2.39. The molecule has 2 aliphatic rings. The van der Waals surface area contributed by atoms with Gasteiger partial charge in [-0.2, -0.15) is 0 Å². The van der Waals surface area contributed by atoms with Crippen molar-refractivity contribution < 1.29 is 0 Å². The van der Waals surface area contributed by atoms with Crippen molar-refractivity contribution in [2.75, 3.05) is 25.5 Å². The molecule has 2 aliphatic carbocycles. The highest BCUT2D eigenvalue weighted by molar-refractivity contribution is 5.53. The second kappa shape index (κ2) is 5.54. The molecule has 0 aliphatic heterocycles. The summed E-state index contributed by atoms with van der Waals surface area (Å²) in [6.07, 6.45) is 5.97. The Labute approximate surface area is 117 Å². The molecule has 2 nitrogen and oxygen atoms in total. The molecule has 1 aromatic rings. The number of hydrogen-bond acceptors (Lipinski definition) is 2. The Bertz CT molecular complexity index is 429. The zero-order chi connectivity index (χ0) is 13.2. The molecule has 0 heterocycles. The minimum Gasteiger partial charge on any atom is -0.374 e. The van der Waals surface area contributed by atoms with Gasteiger partial charge in [0.1, 0.15) is 0 Å². The van der Waals surface area contributed by atoms with Crippen LogP contribution in [0.5, 0.6) is 0 Å². The third-order valence-electron chi connectivity index (χ3n) is 5.16. The Kier molecular flexibility index (Phi) is 3.79. The lowest BCUT2D eigenvalue weighted by molar-refractivity contribution is 0.337. The Morgan fingerprint density at radius 1 is 1.21 bits per heavy atom. The number of benzene rings is 1. The average Bonchev–Trinajstić information content (AvgIpc) is 3.02. The average molecular weight is 258 g/mol. The SMILES string of the molecule is CNCc1ccccc1N(C)CC1CC2CCC1C2. The van der Waals surface area contributed by atoms with E-state index in [1.807, 2.05) is 7.05 Å². The first-order valence-corrected chi connectivity index (χ1v) is 7.71. The number of para-hydroxylation sites is 1. The van der Waals surface area contributed by atoms with Gasteiger partial charge < -0.3 is 10.2 Å². The summed E-state index contributed by atoms with van der Waals surface area (Å²) in [5, 5.41) is 3.27. The summed E-state index contributed by atoms with van der Waals surface area (Å²) in [7, 11) is 4.28. The fourth-order valence-electron chi connectivity index (χ4n) is 4.27. The van der Waals surface area contributed by atoms with E-state index in [0.29, 0.717) is 0 Å². The maximum atomic E-state index is 3.27. The molecule has 3 rings (SSSR count). The van der Waals surface area contributed by atoms with E-state index >= 15 is 0 Å². The van der Waals surface area contributed by atoms with Gasteiger partial charge in [-0.1, -0.05) is 24.6 Å². The van der Waals surface area contributed by atoms with Gasteiger partial charge in [0.05, 0.1) is 0 Å². The molecule has 1 N–H and O–H groups in total. The van der Waals surface area contributed by atoms with Crippen LogP contribution < -0.4 is 10.2 Å². The molecule has 1 aromatic carbocycles. The third-order valence-corrected chi connectivity index (χ3v) is 5.16. The van der Waals surface area contributed by atoms with Crippen molar-refractivity contribution in [1.82, 2.24) is 5.32 Å². The zero-order valence-corrected chi connectivity index (χ0v) is 12.2. The summed E-state index contributed by atoms with van der Waals surface area (Å²) in [5.41, 5.74) is 2.82. The van der Waals surface area contributed by atoms with Gasteiger partial charge in [0, 0.05) is 25.8 Å². The predicted octanol–water partition coefficient (Wildman–Crippen LogP) is 3.28. The normalized spacial score (nSPS) is 28.8. The van der Waals surface area contributed by atoms with Crippen molar-refractivity contribution in [3.63, 3.8) is 0 Å². The van der Waals surface area contributed by atoms with Crippen molar-refractivity contribution in [2.45, 2.75) is 32.2 Å². The molecule has 2 bridgehead atoms. The second-order valence-corrected chi connectivity index (χ2v) is 6.47. The van der Waals surface area contributed by atoms with Crippen molar-refractivity contribution in [1.29, 1.82) is 0 Å². The van der Waals surface area contributed by atoms with E-state index in [0.717, 1.165) is 24.3 Å². The van der Waals surface area contributed by atoms with E-state index in [-0.39, 0.29) is 0 Å². The Balaban J connectivity index is 1.68. The molecule has 2 saturated carbocycles. The maximum absolute atomic E-state index is 3.27. The topological polar surface area (TPSA) is 15.3 Å². The minimum absolute atomic E-state index is 0.936. The molecule has 0 radical (unpaired) electrons. The predicted molar refractivity (Wildman–Crippen MR) is 81.4 cm³/mol. The monoisotopic (exact) mass is 258 g/mol. The molecule has 19 heavy (non-hydrogen) atoms. The lowest BCUT2D eigenvalue weighted by atomic mass is 9.88. The first kappa shape index (κ1) is 13.0. The summed E-state index contributed by atoms with van der Waals surface area (Å²) in [6.45, 7) is 2.19. The van der Waals surface area contributed by atoms with Crippen LogP contribution >= 0.6 is 0 Å². The van der Waals surface area contributed by atoms with Crippen molar-refractivity contribution in [3.8, 4) is 0 Å². The number of nitrogens with zero attached hydrogens (tertiary/aromatic N) is 1. The van der Waals surface area contributed by atoms with Crippen LogP contribution in [-0.2, 0) is 6.54 Å².